The highest BCUT2D eigenvalue weighted by atomic mass is 79.9. The smallest absolute Gasteiger partial charge is 0.186 e. The highest BCUT2D eigenvalue weighted by molar-refractivity contribution is 9.10. The minimum absolute atomic E-state index is 0.280. The third-order valence-electron chi connectivity index (χ3n) is 4.96. The molecule has 4 aromatic rings. The number of hydrogen-bond donors (Lipinski definition) is 1. The van der Waals surface area contributed by atoms with Crippen LogP contribution in [0.1, 0.15) is 23.7 Å². The summed E-state index contributed by atoms with van der Waals surface area (Å²) in [6.45, 7) is 2.03. The van der Waals surface area contributed by atoms with Crippen LogP contribution in [0.2, 0.25) is 0 Å². The molecule has 0 amide bonds. The summed E-state index contributed by atoms with van der Waals surface area (Å²) in [7, 11) is 0. The zero-order valence-electron chi connectivity index (χ0n) is 19.1. The lowest BCUT2D eigenvalue weighted by atomic mass is 10.1. The maximum atomic E-state index is 13.3. The van der Waals surface area contributed by atoms with E-state index in [9.17, 15) is 17.6 Å². The van der Waals surface area contributed by atoms with Gasteiger partial charge in [-0.1, -0.05) is 15.9 Å². The van der Waals surface area contributed by atoms with Crippen LogP contribution in [0.4, 0.5) is 17.6 Å². The lowest BCUT2D eigenvalue weighted by Gasteiger charge is -2.14. The first-order valence-corrected chi connectivity index (χ1v) is 11.8. The van der Waals surface area contributed by atoms with Crippen molar-refractivity contribution in [2.24, 2.45) is 0 Å². The zero-order valence-corrected chi connectivity index (χ0v) is 20.7. The highest BCUT2D eigenvalue weighted by Crippen LogP contribution is 2.30. The number of nitrogens with one attached hydrogen (secondary N) is 1. The fourth-order valence-corrected chi connectivity index (χ4v) is 3.80. The van der Waals surface area contributed by atoms with Crippen molar-refractivity contribution in [1.29, 1.82) is 0 Å². The number of aromatic nitrogens is 4. The molecule has 196 valence electrons. The van der Waals surface area contributed by atoms with E-state index in [0.717, 1.165) is 16.9 Å². The maximum Gasteiger partial charge on any atom is 0.186 e. The van der Waals surface area contributed by atoms with Crippen molar-refractivity contribution in [2.75, 3.05) is 26.4 Å². The Hall–Kier alpha value is -3.10. The third-order valence-corrected chi connectivity index (χ3v) is 5.68. The maximum absolute atomic E-state index is 13.3. The zero-order chi connectivity index (χ0) is 26.2. The topological polar surface area (TPSA) is 83.4 Å². The van der Waals surface area contributed by atoms with E-state index in [0.29, 0.717) is 43.2 Å². The van der Waals surface area contributed by atoms with Crippen molar-refractivity contribution in [3.05, 3.63) is 100 Å². The molecule has 2 fully saturated rings. The lowest BCUT2D eigenvalue weighted by molar-refractivity contribution is -0.0448. The van der Waals surface area contributed by atoms with Gasteiger partial charge in [-0.25, -0.2) is 22.2 Å². The van der Waals surface area contributed by atoms with Gasteiger partial charge in [0.2, 0.25) is 0 Å². The van der Waals surface area contributed by atoms with E-state index < -0.39 is 24.2 Å². The van der Waals surface area contributed by atoms with Gasteiger partial charge in [-0.15, -0.1) is 0 Å². The molecule has 2 aromatic heterocycles. The SMILES string of the molecule is Fc1ccc(-n2cc(F)cn2)c(C2OCCO2)c1.Fc1ccc(Br)c(C2OCCO2)c1.Fc1cn[nH]c1. The second-order valence-corrected chi connectivity index (χ2v) is 8.39. The molecular weight excluding hydrogens is 564 g/mol. The van der Waals surface area contributed by atoms with Crippen LogP contribution in [0.5, 0.6) is 0 Å². The van der Waals surface area contributed by atoms with Crippen molar-refractivity contribution >= 4 is 15.9 Å². The monoisotopic (exact) mass is 584 g/mol. The molecule has 0 unspecified atom stereocenters. The quantitative estimate of drug-likeness (QED) is 0.326. The van der Waals surface area contributed by atoms with Crippen molar-refractivity contribution < 1.29 is 36.5 Å². The summed E-state index contributed by atoms with van der Waals surface area (Å²) in [4.78, 5) is 0. The number of halogens is 5. The van der Waals surface area contributed by atoms with E-state index in [-0.39, 0.29) is 11.6 Å². The predicted molar refractivity (Wildman–Crippen MR) is 125 cm³/mol. The molecule has 0 atom stereocenters. The first-order chi connectivity index (χ1) is 17.9. The molecule has 0 aliphatic carbocycles. The van der Waals surface area contributed by atoms with Crippen LogP contribution >= 0.6 is 15.9 Å². The Morgan fingerprint density at radius 1 is 0.757 bits per heavy atom. The summed E-state index contributed by atoms with van der Waals surface area (Å²) in [5.41, 5.74) is 1.74. The molecule has 6 rings (SSSR count). The molecule has 2 aliphatic heterocycles. The number of rotatable bonds is 3. The highest BCUT2D eigenvalue weighted by Gasteiger charge is 2.23. The number of nitrogens with zero attached hydrogens (tertiary/aromatic N) is 3. The molecular formula is C24H21BrF4N4O4. The normalized spacial score (nSPS) is 15.7. The van der Waals surface area contributed by atoms with Crippen molar-refractivity contribution in [3.8, 4) is 5.69 Å². The van der Waals surface area contributed by atoms with Crippen LogP contribution in [-0.4, -0.2) is 46.4 Å². The van der Waals surface area contributed by atoms with Gasteiger partial charge >= 0.3 is 0 Å². The fourth-order valence-electron chi connectivity index (χ4n) is 3.36. The Labute approximate surface area is 217 Å². The Kier molecular flexibility index (Phi) is 9.41. The Morgan fingerprint density at radius 3 is 1.86 bits per heavy atom. The number of benzene rings is 2. The van der Waals surface area contributed by atoms with Gasteiger partial charge in [-0.05, 0) is 36.4 Å². The predicted octanol–water partition coefficient (Wildman–Crippen LogP) is 5.38. The summed E-state index contributed by atoms with van der Waals surface area (Å²) < 4.78 is 74.1. The molecule has 1 N–H and O–H groups in total. The summed E-state index contributed by atoms with van der Waals surface area (Å²) in [5.74, 6) is -1.47. The average Bonchev–Trinajstić information content (AvgIpc) is 3.70. The van der Waals surface area contributed by atoms with Crippen LogP contribution in [0, 0.1) is 23.3 Å². The van der Waals surface area contributed by atoms with Crippen LogP contribution in [0.15, 0.2) is 65.7 Å². The summed E-state index contributed by atoms with van der Waals surface area (Å²) >= 11 is 3.31. The van der Waals surface area contributed by atoms with Gasteiger partial charge in [0, 0.05) is 15.6 Å². The van der Waals surface area contributed by atoms with E-state index in [4.69, 9.17) is 18.9 Å². The van der Waals surface area contributed by atoms with E-state index >= 15 is 0 Å². The Bertz CT molecular complexity index is 1280. The number of ether oxygens (including phenoxy) is 4. The molecule has 2 aliphatic rings. The van der Waals surface area contributed by atoms with Gasteiger partial charge in [0.25, 0.3) is 0 Å². The lowest BCUT2D eigenvalue weighted by Crippen LogP contribution is -2.06. The Balaban J connectivity index is 0.000000146. The first kappa shape index (κ1) is 26.9. The van der Waals surface area contributed by atoms with Gasteiger partial charge in [0.05, 0.1) is 56.9 Å². The first-order valence-electron chi connectivity index (χ1n) is 11.0. The van der Waals surface area contributed by atoms with Crippen molar-refractivity contribution in [1.82, 2.24) is 20.0 Å². The number of hydrogen-bond acceptors (Lipinski definition) is 6. The molecule has 0 radical (unpaired) electrons. The second kappa shape index (κ2) is 12.9. The summed E-state index contributed by atoms with van der Waals surface area (Å²) in [5, 5.41) is 9.48. The molecule has 2 saturated heterocycles. The van der Waals surface area contributed by atoms with Crippen LogP contribution in [0.25, 0.3) is 5.69 Å². The molecule has 0 spiro atoms. The molecule has 37 heavy (non-hydrogen) atoms. The molecule has 0 saturated carbocycles. The molecule has 4 heterocycles. The van der Waals surface area contributed by atoms with Gasteiger partial charge in [-0.2, -0.15) is 10.2 Å². The Morgan fingerprint density at radius 2 is 1.35 bits per heavy atom. The fraction of sp³-hybridized carbons (Fsp3) is 0.250. The molecule has 2 aromatic carbocycles. The standard InChI is InChI=1S/C12H10F2N2O2.C9H8BrFO2.C3H3FN2/c13-8-1-2-11(16-7-9(14)6-15-16)10(5-8)12-17-3-4-18-12;10-8-2-1-6(11)5-7(8)9-12-3-4-13-9;4-3-1-5-6-2-3/h1-2,5-7,12H,3-4H2;1-2,5,9H,3-4H2;1-2H,(H,5,6). The average molecular weight is 585 g/mol. The summed E-state index contributed by atoms with van der Waals surface area (Å²) in [6, 6.07) is 8.57. The minimum Gasteiger partial charge on any atom is -0.346 e. The van der Waals surface area contributed by atoms with Crippen LogP contribution in [0.3, 0.4) is 0 Å². The van der Waals surface area contributed by atoms with E-state index in [1.807, 2.05) is 0 Å². The van der Waals surface area contributed by atoms with Gasteiger partial charge in [0.15, 0.2) is 24.2 Å². The minimum atomic E-state index is -0.636. The van der Waals surface area contributed by atoms with Crippen molar-refractivity contribution in [3.63, 3.8) is 0 Å². The molecule has 13 heteroatoms. The summed E-state index contributed by atoms with van der Waals surface area (Å²) in [6.07, 6.45) is 3.53. The van der Waals surface area contributed by atoms with Crippen LogP contribution < -0.4 is 0 Å². The van der Waals surface area contributed by atoms with E-state index in [1.165, 1.54) is 47.4 Å². The second-order valence-electron chi connectivity index (χ2n) is 7.54. The van der Waals surface area contributed by atoms with E-state index in [1.54, 1.807) is 6.07 Å². The molecule has 8 nitrogen and oxygen atoms in total. The van der Waals surface area contributed by atoms with Crippen LogP contribution in [-0.2, 0) is 18.9 Å². The van der Waals surface area contributed by atoms with Gasteiger partial charge in [0.1, 0.15) is 11.6 Å². The van der Waals surface area contributed by atoms with Crippen molar-refractivity contribution in [2.45, 2.75) is 12.6 Å². The number of H-pyrrole nitrogens is 1. The third kappa shape index (κ3) is 7.46. The largest absolute Gasteiger partial charge is 0.346 e. The van der Waals surface area contributed by atoms with E-state index in [2.05, 4.69) is 31.2 Å². The molecule has 0 bridgehead atoms. The van der Waals surface area contributed by atoms with Gasteiger partial charge in [-0.3, -0.25) is 5.10 Å². The number of aromatic amines is 1. The van der Waals surface area contributed by atoms with Gasteiger partial charge < -0.3 is 18.9 Å².